The van der Waals surface area contributed by atoms with E-state index in [1.807, 2.05) is 0 Å². The maximum Gasteiger partial charge on any atom is 0.150 e. The first kappa shape index (κ1) is 11.4. The molecular formula is C9H11F2N3O. The van der Waals surface area contributed by atoms with Crippen molar-refractivity contribution in [3.63, 3.8) is 0 Å². The minimum absolute atomic E-state index is 0.268. The third-order valence-corrected chi connectivity index (χ3v) is 1.68. The fourth-order valence-electron chi connectivity index (χ4n) is 0.941. The molecule has 0 fully saturated rings. The van der Waals surface area contributed by atoms with E-state index in [0.29, 0.717) is 0 Å². The Bertz CT molecular complexity index is 337. The van der Waals surface area contributed by atoms with Crippen LogP contribution >= 0.6 is 0 Å². The van der Waals surface area contributed by atoms with Gasteiger partial charge >= 0.3 is 0 Å². The molecule has 4 nitrogen and oxygen atoms in total. The molecule has 0 spiro atoms. The number of hydrogen-bond donors (Lipinski definition) is 3. The highest BCUT2D eigenvalue weighted by Gasteiger charge is 2.07. The molecule has 0 saturated carbocycles. The van der Waals surface area contributed by atoms with E-state index in [9.17, 15) is 8.78 Å². The van der Waals surface area contributed by atoms with Gasteiger partial charge in [0, 0.05) is 0 Å². The highest BCUT2D eigenvalue weighted by Crippen LogP contribution is 2.16. The van der Waals surface area contributed by atoms with Crippen LogP contribution in [0.15, 0.2) is 23.4 Å². The van der Waals surface area contributed by atoms with Crippen molar-refractivity contribution in [1.82, 2.24) is 5.43 Å². The molecule has 1 aromatic carbocycles. The average molecular weight is 215 g/mol. The van der Waals surface area contributed by atoms with Gasteiger partial charge in [0.05, 0.1) is 12.3 Å². The minimum Gasteiger partial charge on any atom is -0.411 e. The first-order valence-corrected chi connectivity index (χ1v) is 4.28. The molecule has 0 amide bonds. The summed E-state index contributed by atoms with van der Waals surface area (Å²) in [6, 6.07) is 3.18. The molecule has 1 rings (SSSR count). The number of nitrogens with zero attached hydrogens (tertiary/aromatic N) is 1. The molecule has 82 valence electrons. The SMILES string of the molecule is CC(C=NO)NNc1c(F)cccc1F. The quantitative estimate of drug-likeness (QED) is 0.407. The zero-order valence-corrected chi connectivity index (χ0v) is 8.04. The molecule has 0 aliphatic rings. The number of rotatable bonds is 4. The van der Waals surface area contributed by atoms with Crippen molar-refractivity contribution in [1.29, 1.82) is 0 Å². The lowest BCUT2D eigenvalue weighted by molar-refractivity contribution is 0.319. The lowest BCUT2D eigenvalue weighted by atomic mass is 10.3. The fourth-order valence-corrected chi connectivity index (χ4v) is 0.941. The van der Waals surface area contributed by atoms with Crippen molar-refractivity contribution in [3.05, 3.63) is 29.8 Å². The van der Waals surface area contributed by atoms with Crippen LogP contribution in [0.25, 0.3) is 0 Å². The van der Waals surface area contributed by atoms with E-state index < -0.39 is 11.6 Å². The molecule has 0 heterocycles. The highest BCUT2D eigenvalue weighted by molar-refractivity contribution is 5.63. The van der Waals surface area contributed by atoms with Crippen molar-refractivity contribution in [2.24, 2.45) is 5.16 Å². The molecule has 0 aliphatic carbocycles. The number of benzene rings is 1. The molecule has 3 N–H and O–H groups in total. The topological polar surface area (TPSA) is 56.7 Å². The summed E-state index contributed by atoms with van der Waals surface area (Å²) in [7, 11) is 0. The van der Waals surface area contributed by atoms with Crippen LogP contribution in [0.3, 0.4) is 0 Å². The Balaban J connectivity index is 2.65. The number of anilines is 1. The maximum atomic E-state index is 13.1. The van der Waals surface area contributed by atoms with Crippen LogP contribution in [0.5, 0.6) is 0 Å². The second-order valence-corrected chi connectivity index (χ2v) is 2.92. The standard InChI is InChI=1S/C9H11F2N3O/c1-6(5-12-15)13-14-9-7(10)3-2-4-8(9)11/h2-6,13-15H,1H3. The van der Waals surface area contributed by atoms with Crippen LogP contribution in [0.2, 0.25) is 0 Å². The molecule has 15 heavy (non-hydrogen) atoms. The Hall–Kier alpha value is -1.69. The van der Waals surface area contributed by atoms with Gasteiger partial charge in [0.25, 0.3) is 0 Å². The number of halogens is 2. The Kier molecular flexibility index (Phi) is 3.99. The van der Waals surface area contributed by atoms with Gasteiger partial charge in [-0.1, -0.05) is 6.07 Å². The van der Waals surface area contributed by atoms with Crippen molar-refractivity contribution in [2.75, 3.05) is 5.43 Å². The van der Waals surface area contributed by atoms with Crippen LogP contribution in [0.1, 0.15) is 6.92 Å². The lowest BCUT2D eigenvalue weighted by Crippen LogP contribution is -2.33. The van der Waals surface area contributed by atoms with E-state index in [0.717, 1.165) is 12.1 Å². The summed E-state index contributed by atoms with van der Waals surface area (Å²) >= 11 is 0. The molecule has 1 unspecified atom stereocenters. The largest absolute Gasteiger partial charge is 0.411 e. The van der Waals surface area contributed by atoms with E-state index in [-0.39, 0.29) is 11.7 Å². The maximum absolute atomic E-state index is 13.1. The molecule has 6 heteroatoms. The van der Waals surface area contributed by atoms with Gasteiger partial charge < -0.3 is 10.6 Å². The normalized spacial score (nSPS) is 13.0. The predicted octanol–water partition coefficient (Wildman–Crippen LogP) is 1.73. The van der Waals surface area contributed by atoms with Gasteiger partial charge in [-0.15, -0.1) is 5.16 Å². The van der Waals surface area contributed by atoms with Gasteiger partial charge in [0.2, 0.25) is 0 Å². The summed E-state index contributed by atoms with van der Waals surface area (Å²) in [5, 5.41) is 11.0. The lowest BCUT2D eigenvalue weighted by Gasteiger charge is -2.12. The highest BCUT2D eigenvalue weighted by atomic mass is 19.1. The van der Waals surface area contributed by atoms with E-state index in [2.05, 4.69) is 16.0 Å². The van der Waals surface area contributed by atoms with Gasteiger partial charge in [-0.2, -0.15) is 0 Å². The Morgan fingerprint density at radius 1 is 1.40 bits per heavy atom. The number of hydrogen-bond acceptors (Lipinski definition) is 4. The second-order valence-electron chi connectivity index (χ2n) is 2.92. The van der Waals surface area contributed by atoms with E-state index in [1.54, 1.807) is 6.92 Å². The Morgan fingerprint density at radius 2 is 2.00 bits per heavy atom. The summed E-state index contributed by atoms with van der Waals surface area (Å²) in [6.07, 6.45) is 1.17. The van der Waals surface area contributed by atoms with Gasteiger partial charge in [-0.25, -0.2) is 14.2 Å². The average Bonchev–Trinajstić information content (AvgIpc) is 2.17. The monoisotopic (exact) mass is 215 g/mol. The van der Waals surface area contributed by atoms with Crippen LogP contribution in [-0.4, -0.2) is 17.5 Å². The summed E-state index contributed by atoms with van der Waals surface area (Å²) < 4.78 is 26.1. The number of para-hydroxylation sites is 1. The summed E-state index contributed by atoms with van der Waals surface area (Å²) in [6.45, 7) is 1.64. The smallest absolute Gasteiger partial charge is 0.150 e. The van der Waals surface area contributed by atoms with Crippen LogP contribution in [0, 0.1) is 11.6 Å². The molecule has 0 aromatic heterocycles. The fraction of sp³-hybridized carbons (Fsp3) is 0.222. The molecule has 0 saturated heterocycles. The minimum atomic E-state index is -0.698. The van der Waals surface area contributed by atoms with Crippen molar-refractivity contribution >= 4 is 11.9 Å². The predicted molar refractivity (Wildman–Crippen MR) is 52.9 cm³/mol. The number of oxime groups is 1. The summed E-state index contributed by atoms with van der Waals surface area (Å²) in [5.74, 6) is -1.40. The van der Waals surface area contributed by atoms with Crippen LogP contribution in [0.4, 0.5) is 14.5 Å². The first-order chi connectivity index (χ1) is 7.15. The van der Waals surface area contributed by atoms with Crippen molar-refractivity contribution in [3.8, 4) is 0 Å². The van der Waals surface area contributed by atoms with Gasteiger partial charge in [-0.3, -0.25) is 0 Å². The zero-order chi connectivity index (χ0) is 11.3. The Morgan fingerprint density at radius 3 is 2.53 bits per heavy atom. The van der Waals surface area contributed by atoms with Gasteiger partial charge in [-0.05, 0) is 19.1 Å². The van der Waals surface area contributed by atoms with Gasteiger partial charge in [0.15, 0.2) is 11.6 Å². The van der Waals surface area contributed by atoms with E-state index >= 15 is 0 Å². The summed E-state index contributed by atoms with van der Waals surface area (Å²) in [5.41, 5.74) is 4.64. The van der Waals surface area contributed by atoms with Crippen LogP contribution in [-0.2, 0) is 0 Å². The molecule has 0 aliphatic heterocycles. The third kappa shape index (κ3) is 3.17. The van der Waals surface area contributed by atoms with Gasteiger partial charge in [0.1, 0.15) is 5.69 Å². The molecule has 0 radical (unpaired) electrons. The van der Waals surface area contributed by atoms with Crippen molar-refractivity contribution in [2.45, 2.75) is 13.0 Å². The van der Waals surface area contributed by atoms with Crippen molar-refractivity contribution < 1.29 is 14.0 Å². The zero-order valence-electron chi connectivity index (χ0n) is 8.04. The molecule has 1 atom stereocenters. The van der Waals surface area contributed by atoms with E-state index in [1.165, 1.54) is 12.3 Å². The third-order valence-electron chi connectivity index (χ3n) is 1.68. The van der Waals surface area contributed by atoms with Crippen LogP contribution < -0.4 is 10.9 Å². The number of nitrogens with one attached hydrogen (secondary N) is 2. The van der Waals surface area contributed by atoms with E-state index in [4.69, 9.17) is 5.21 Å². The summed E-state index contributed by atoms with van der Waals surface area (Å²) in [4.78, 5) is 0. The first-order valence-electron chi connectivity index (χ1n) is 4.28. The molecule has 1 aromatic rings. The molecule has 0 bridgehead atoms. The Labute approximate surface area is 85.6 Å². The molecular weight excluding hydrogens is 204 g/mol. The number of hydrazine groups is 1. The second kappa shape index (κ2) is 5.26.